The Kier molecular flexibility index (Phi) is 5.54. The number of rotatable bonds is 4. The molecule has 16 heavy (non-hydrogen) atoms. The molecule has 0 fully saturated rings. The van der Waals surface area contributed by atoms with Crippen molar-refractivity contribution in [2.45, 2.75) is 46.5 Å². The quantitative estimate of drug-likeness (QED) is 0.710. The van der Waals surface area contributed by atoms with Crippen molar-refractivity contribution in [3.05, 3.63) is 34.9 Å². The van der Waals surface area contributed by atoms with Crippen molar-refractivity contribution in [2.24, 2.45) is 5.92 Å². The minimum atomic E-state index is 0.179. The van der Waals surface area contributed by atoms with E-state index in [1.54, 1.807) is 5.57 Å². The molecule has 1 aliphatic carbocycles. The second kappa shape index (κ2) is 6.70. The lowest BCUT2D eigenvalue weighted by atomic mass is 9.85. The number of hydrogen-bond donors (Lipinski definition) is 1. The molecule has 0 aromatic heterocycles. The van der Waals surface area contributed by atoms with E-state index in [1.807, 2.05) is 6.92 Å². The highest BCUT2D eigenvalue weighted by Gasteiger charge is 2.13. The molecule has 1 aliphatic rings. The lowest BCUT2D eigenvalue weighted by Gasteiger charge is -2.21. The van der Waals surface area contributed by atoms with Crippen molar-refractivity contribution >= 4 is 0 Å². The molecule has 0 radical (unpaired) electrons. The molecule has 1 unspecified atom stereocenters. The largest absolute Gasteiger partial charge is 0.392 e. The van der Waals surface area contributed by atoms with Gasteiger partial charge in [0.15, 0.2) is 0 Å². The predicted molar refractivity (Wildman–Crippen MR) is 70.3 cm³/mol. The third kappa shape index (κ3) is 4.36. The Morgan fingerprint density at radius 2 is 2.19 bits per heavy atom. The van der Waals surface area contributed by atoms with Crippen molar-refractivity contribution in [3.8, 4) is 0 Å². The third-order valence-electron chi connectivity index (χ3n) is 3.44. The number of hydrogen-bond acceptors (Lipinski definition) is 1. The molecule has 1 atom stereocenters. The Labute approximate surface area is 99.6 Å². The van der Waals surface area contributed by atoms with Crippen LogP contribution in [0.1, 0.15) is 46.5 Å². The van der Waals surface area contributed by atoms with E-state index in [2.05, 4.69) is 32.1 Å². The van der Waals surface area contributed by atoms with Crippen LogP contribution in [-0.2, 0) is 0 Å². The molecule has 0 spiro atoms. The van der Waals surface area contributed by atoms with Crippen LogP contribution >= 0.6 is 0 Å². The highest BCUT2D eigenvalue weighted by Crippen LogP contribution is 2.28. The van der Waals surface area contributed by atoms with E-state index >= 15 is 0 Å². The highest BCUT2D eigenvalue weighted by atomic mass is 16.3. The van der Waals surface area contributed by atoms with Gasteiger partial charge in [-0.25, -0.2) is 0 Å². The van der Waals surface area contributed by atoms with Crippen LogP contribution in [-0.4, -0.2) is 11.7 Å². The molecule has 0 bridgehead atoms. The maximum absolute atomic E-state index is 8.88. The summed E-state index contributed by atoms with van der Waals surface area (Å²) >= 11 is 0. The molecule has 0 aromatic carbocycles. The van der Waals surface area contributed by atoms with E-state index in [4.69, 9.17) is 5.11 Å². The summed E-state index contributed by atoms with van der Waals surface area (Å²) in [4.78, 5) is 0. The average molecular weight is 220 g/mol. The smallest absolute Gasteiger partial charge is 0.0639 e. The van der Waals surface area contributed by atoms with E-state index in [0.29, 0.717) is 0 Å². The highest BCUT2D eigenvalue weighted by molar-refractivity contribution is 5.14. The molecule has 1 nitrogen and oxygen atoms in total. The Bertz CT molecular complexity index is 307. The van der Waals surface area contributed by atoms with Gasteiger partial charge in [-0.2, -0.15) is 0 Å². The SMILES string of the molecule is CC(=CC/C=C(\C)C1CC=C(C)CC1)CO. The van der Waals surface area contributed by atoms with Crippen LogP contribution in [0.4, 0.5) is 0 Å². The van der Waals surface area contributed by atoms with Crippen molar-refractivity contribution in [2.75, 3.05) is 6.61 Å². The van der Waals surface area contributed by atoms with E-state index in [-0.39, 0.29) is 6.61 Å². The maximum Gasteiger partial charge on any atom is 0.0639 e. The van der Waals surface area contributed by atoms with Crippen LogP contribution in [0, 0.1) is 5.92 Å². The van der Waals surface area contributed by atoms with Crippen LogP contribution in [0.25, 0.3) is 0 Å². The summed E-state index contributed by atoms with van der Waals surface area (Å²) in [6.07, 6.45) is 11.5. The summed E-state index contributed by atoms with van der Waals surface area (Å²) in [7, 11) is 0. The summed E-state index contributed by atoms with van der Waals surface area (Å²) in [5.41, 5.74) is 4.11. The molecule has 1 N–H and O–H groups in total. The van der Waals surface area contributed by atoms with Gasteiger partial charge in [-0.1, -0.05) is 34.9 Å². The first-order valence-corrected chi connectivity index (χ1v) is 6.22. The Hall–Kier alpha value is -0.820. The maximum atomic E-state index is 8.88. The molecule has 1 heteroatoms. The molecule has 0 heterocycles. The van der Waals surface area contributed by atoms with E-state index in [1.165, 1.54) is 24.8 Å². The van der Waals surface area contributed by atoms with E-state index in [9.17, 15) is 0 Å². The van der Waals surface area contributed by atoms with Gasteiger partial charge in [0.2, 0.25) is 0 Å². The summed E-state index contributed by atoms with van der Waals surface area (Å²) in [6, 6.07) is 0. The summed E-state index contributed by atoms with van der Waals surface area (Å²) in [6.45, 7) is 6.61. The van der Waals surface area contributed by atoms with Gasteiger partial charge in [0.05, 0.1) is 6.61 Å². The number of aliphatic hydroxyl groups is 1. The van der Waals surface area contributed by atoms with Crippen molar-refractivity contribution in [3.63, 3.8) is 0 Å². The molecular formula is C15H24O. The lowest BCUT2D eigenvalue weighted by molar-refractivity contribution is 0.331. The predicted octanol–water partition coefficient (Wildman–Crippen LogP) is 4.01. The zero-order valence-electron chi connectivity index (χ0n) is 10.8. The second-order valence-corrected chi connectivity index (χ2v) is 4.91. The van der Waals surface area contributed by atoms with Gasteiger partial charge in [0.1, 0.15) is 0 Å². The van der Waals surface area contributed by atoms with Gasteiger partial charge < -0.3 is 5.11 Å². The molecule has 0 aliphatic heterocycles. The first-order chi connectivity index (χ1) is 7.63. The third-order valence-corrected chi connectivity index (χ3v) is 3.44. The van der Waals surface area contributed by atoms with Gasteiger partial charge in [-0.15, -0.1) is 0 Å². The van der Waals surface area contributed by atoms with Crippen LogP contribution in [0.2, 0.25) is 0 Å². The summed E-state index contributed by atoms with van der Waals surface area (Å²) < 4.78 is 0. The molecule has 0 aromatic rings. The standard InChI is InChI=1S/C15H24O/c1-12-7-9-15(10-8-12)14(3)6-4-5-13(2)11-16/h5-7,15-16H,4,8-11H2,1-3H3/b13-5?,14-6+. The topological polar surface area (TPSA) is 20.2 Å². The van der Waals surface area contributed by atoms with Gasteiger partial charge in [0, 0.05) is 0 Å². The van der Waals surface area contributed by atoms with Gasteiger partial charge in [0.25, 0.3) is 0 Å². The van der Waals surface area contributed by atoms with Crippen LogP contribution in [0.15, 0.2) is 34.9 Å². The summed E-state index contributed by atoms with van der Waals surface area (Å²) in [5, 5.41) is 8.88. The Morgan fingerprint density at radius 3 is 2.75 bits per heavy atom. The summed E-state index contributed by atoms with van der Waals surface area (Å²) in [5.74, 6) is 0.742. The average Bonchev–Trinajstić information content (AvgIpc) is 2.29. The van der Waals surface area contributed by atoms with Crippen molar-refractivity contribution in [1.29, 1.82) is 0 Å². The van der Waals surface area contributed by atoms with Crippen LogP contribution in [0.5, 0.6) is 0 Å². The molecule has 0 saturated heterocycles. The minimum Gasteiger partial charge on any atom is -0.392 e. The zero-order valence-corrected chi connectivity index (χ0v) is 10.8. The molecule has 0 amide bonds. The molecule has 1 rings (SSSR count). The van der Waals surface area contributed by atoms with Gasteiger partial charge in [-0.3, -0.25) is 0 Å². The first-order valence-electron chi connectivity index (χ1n) is 6.22. The minimum absolute atomic E-state index is 0.179. The molecule has 0 saturated carbocycles. The van der Waals surface area contributed by atoms with Gasteiger partial charge in [-0.05, 0) is 52.4 Å². The number of allylic oxidation sites excluding steroid dienone is 5. The fraction of sp³-hybridized carbons (Fsp3) is 0.600. The fourth-order valence-corrected chi connectivity index (χ4v) is 2.06. The molecular weight excluding hydrogens is 196 g/mol. The second-order valence-electron chi connectivity index (χ2n) is 4.91. The fourth-order valence-electron chi connectivity index (χ4n) is 2.06. The van der Waals surface area contributed by atoms with Gasteiger partial charge >= 0.3 is 0 Å². The van der Waals surface area contributed by atoms with Crippen molar-refractivity contribution in [1.82, 2.24) is 0 Å². The lowest BCUT2D eigenvalue weighted by Crippen LogP contribution is -2.06. The van der Waals surface area contributed by atoms with Crippen molar-refractivity contribution < 1.29 is 5.11 Å². The van der Waals surface area contributed by atoms with E-state index < -0.39 is 0 Å². The first kappa shape index (κ1) is 13.2. The monoisotopic (exact) mass is 220 g/mol. The van der Waals surface area contributed by atoms with E-state index in [0.717, 1.165) is 17.9 Å². The van der Waals surface area contributed by atoms with Crippen LogP contribution < -0.4 is 0 Å². The van der Waals surface area contributed by atoms with Crippen LogP contribution in [0.3, 0.4) is 0 Å². The number of aliphatic hydroxyl groups excluding tert-OH is 1. The normalized spacial score (nSPS) is 23.2. The zero-order chi connectivity index (χ0) is 12.0. The Morgan fingerprint density at radius 1 is 1.44 bits per heavy atom. The Balaban J connectivity index is 2.45. The molecule has 90 valence electrons.